The molecule has 0 fully saturated rings. The average Bonchev–Trinajstić information content (AvgIpc) is 4.16. The maximum absolute atomic E-state index is 6.63. The van der Waals surface area contributed by atoms with E-state index in [2.05, 4.69) is 138 Å². The Morgan fingerprint density at radius 2 is 0.882 bits per heavy atom. The van der Waals surface area contributed by atoms with Crippen molar-refractivity contribution in [2.75, 3.05) is 0 Å². The monoisotopic (exact) mass is 870 g/mol. The predicted octanol–water partition coefficient (Wildman–Crippen LogP) is 16.5. The van der Waals surface area contributed by atoms with Crippen molar-refractivity contribution in [3.63, 3.8) is 0 Å². The molecule has 0 unspecified atom stereocenters. The van der Waals surface area contributed by atoms with Crippen LogP contribution in [0.15, 0.2) is 220 Å². The highest BCUT2D eigenvalue weighted by Crippen LogP contribution is 2.43. The van der Waals surface area contributed by atoms with Gasteiger partial charge in [0.05, 0.1) is 16.6 Å². The molecule has 0 aliphatic rings. The summed E-state index contributed by atoms with van der Waals surface area (Å²) in [5, 5.41) is 10.9. The molecule has 10 aromatic carbocycles. The molecule has 5 heterocycles. The third kappa shape index (κ3) is 5.44. The number of fused-ring (bicyclic) bond motifs is 13. The normalized spacial score (nSPS) is 12.1. The number of furan rings is 3. The van der Waals surface area contributed by atoms with Gasteiger partial charge in [0.15, 0.2) is 17.5 Å². The summed E-state index contributed by atoms with van der Waals surface area (Å²) in [5.41, 5.74) is 12.3. The van der Waals surface area contributed by atoms with Crippen LogP contribution in [-0.4, -0.2) is 19.5 Å². The summed E-state index contributed by atoms with van der Waals surface area (Å²) in [7, 11) is 0. The van der Waals surface area contributed by atoms with E-state index in [0.717, 1.165) is 105 Å². The van der Waals surface area contributed by atoms with Gasteiger partial charge < -0.3 is 17.8 Å². The molecule has 0 atom stereocenters. The Balaban J connectivity index is 1.03. The number of benzene rings is 10. The first-order valence-corrected chi connectivity index (χ1v) is 22.7. The summed E-state index contributed by atoms with van der Waals surface area (Å²) >= 11 is 0. The Morgan fingerprint density at radius 3 is 1.71 bits per heavy atom. The molecule has 7 nitrogen and oxygen atoms in total. The van der Waals surface area contributed by atoms with Crippen molar-refractivity contribution < 1.29 is 13.3 Å². The maximum Gasteiger partial charge on any atom is 0.167 e. The van der Waals surface area contributed by atoms with Gasteiger partial charge in [0.1, 0.15) is 33.5 Å². The number of aromatic nitrogens is 4. The first-order chi connectivity index (χ1) is 33.7. The molecule has 0 bridgehead atoms. The van der Waals surface area contributed by atoms with E-state index in [1.54, 1.807) is 0 Å². The van der Waals surface area contributed by atoms with Gasteiger partial charge in [0, 0.05) is 59.9 Å². The topological polar surface area (TPSA) is 83.0 Å². The Bertz CT molecular complexity index is 4590. The fraction of sp³-hybridized carbons (Fsp3) is 0. The van der Waals surface area contributed by atoms with Gasteiger partial charge in [0.25, 0.3) is 0 Å². The molecular formula is C61H34N4O3. The Labute approximate surface area is 386 Å². The van der Waals surface area contributed by atoms with Crippen molar-refractivity contribution in [3.05, 3.63) is 206 Å². The second kappa shape index (κ2) is 14.1. The molecule has 0 aliphatic heterocycles. The van der Waals surface area contributed by atoms with Crippen LogP contribution in [0.1, 0.15) is 0 Å². The van der Waals surface area contributed by atoms with Crippen molar-refractivity contribution in [2.24, 2.45) is 0 Å². The quantitative estimate of drug-likeness (QED) is 0.171. The highest BCUT2D eigenvalue weighted by atomic mass is 16.3. The molecule has 0 saturated carbocycles. The third-order valence-electron chi connectivity index (χ3n) is 13.7. The average molecular weight is 871 g/mol. The van der Waals surface area contributed by atoms with Crippen LogP contribution in [0.3, 0.4) is 0 Å². The molecule has 316 valence electrons. The van der Waals surface area contributed by atoms with Gasteiger partial charge in [-0.2, -0.15) is 0 Å². The van der Waals surface area contributed by atoms with Gasteiger partial charge in [-0.1, -0.05) is 127 Å². The standard InChI is InChI=1S/C61H34N4O3/c1-2-14-36-32-51-49(31-35(36)13-1)39-15-3-7-22-50(39)65(51)38-28-30-44(48(34-38)37-27-29-42-40-16-4-8-23-52(40)67-56(42)33-37)59-62-60(46-20-12-26-55-57(46)45-18-6-10-25-54(45)66-55)64-61(63-59)47-21-11-19-43-41-17-5-9-24-53(41)68-58(43)47/h1-34H. The van der Waals surface area contributed by atoms with E-state index in [-0.39, 0.29) is 0 Å². The zero-order valence-electron chi connectivity index (χ0n) is 36.1. The third-order valence-corrected chi connectivity index (χ3v) is 13.7. The second-order valence-electron chi connectivity index (χ2n) is 17.5. The van der Waals surface area contributed by atoms with Crippen LogP contribution < -0.4 is 0 Å². The summed E-state index contributed by atoms with van der Waals surface area (Å²) in [6.45, 7) is 0. The Kier molecular flexibility index (Phi) is 7.65. The Morgan fingerprint density at radius 1 is 0.309 bits per heavy atom. The van der Waals surface area contributed by atoms with E-state index in [0.29, 0.717) is 23.1 Å². The van der Waals surface area contributed by atoms with E-state index in [1.165, 1.54) is 21.5 Å². The zero-order chi connectivity index (χ0) is 44.5. The number of hydrogen-bond donors (Lipinski definition) is 0. The van der Waals surface area contributed by atoms with Crippen molar-refractivity contribution in [1.82, 2.24) is 19.5 Å². The summed E-state index contributed by atoms with van der Waals surface area (Å²) in [6, 6.07) is 71.6. The summed E-state index contributed by atoms with van der Waals surface area (Å²) in [4.78, 5) is 16.2. The minimum absolute atomic E-state index is 0.497. The summed E-state index contributed by atoms with van der Waals surface area (Å²) in [5.74, 6) is 1.53. The van der Waals surface area contributed by atoms with Crippen molar-refractivity contribution in [3.8, 4) is 51.0 Å². The van der Waals surface area contributed by atoms with E-state index >= 15 is 0 Å². The fourth-order valence-corrected chi connectivity index (χ4v) is 10.6. The van der Waals surface area contributed by atoms with Crippen LogP contribution in [0, 0.1) is 0 Å². The van der Waals surface area contributed by atoms with E-state index < -0.39 is 0 Å². The van der Waals surface area contributed by atoms with E-state index in [1.807, 2.05) is 72.8 Å². The van der Waals surface area contributed by atoms with Crippen LogP contribution >= 0.6 is 0 Å². The molecule has 15 rings (SSSR count). The number of hydrogen-bond acceptors (Lipinski definition) is 6. The van der Waals surface area contributed by atoms with Crippen LogP contribution in [-0.2, 0) is 0 Å². The van der Waals surface area contributed by atoms with Crippen molar-refractivity contribution in [1.29, 1.82) is 0 Å². The summed E-state index contributed by atoms with van der Waals surface area (Å²) < 4.78 is 22.0. The molecule has 0 radical (unpaired) electrons. The second-order valence-corrected chi connectivity index (χ2v) is 17.5. The molecule has 0 saturated heterocycles. The first-order valence-electron chi connectivity index (χ1n) is 22.7. The highest BCUT2D eigenvalue weighted by molar-refractivity contribution is 6.15. The first kappa shape index (κ1) is 36.9. The van der Waals surface area contributed by atoms with Gasteiger partial charge in [0.2, 0.25) is 0 Å². The lowest BCUT2D eigenvalue weighted by molar-refractivity contribution is 0.668. The molecule has 0 spiro atoms. The lowest BCUT2D eigenvalue weighted by atomic mass is 9.96. The van der Waals surface area contributed by atoms with Crippen LogP contribution in [0.4, 0.5) is 0 Å². The SMILES string of the molecule is c1ccc2cc3c(cc2c1)c1ccccc1n3-c1ccc(-c2nc(-c3cccc4c3oc3ccccc34)nc(-c3cccc4oc5ccccc5c34)n2)c(-c2ccc3c(c2)oc2ccccc23)c1. The molecule has 0 N–H and O–H groups in total. The Hall–Kier alpha value is -9.33. The number of para-hydroxylation sites is 5. The van der Waals surface area contributed by atoms with Crippen LogP contribution in [0.25, 0.3) is 149 Å². The van der Waals surface area contributed by atoms with E-state index in [9.17, 15) is 0 Å². The minimum Gasteiger partial charge on any atom is -0.456 e. The molecule has 0 aliphatic carbocycles. The summed E-state index contributed by atoms with van der Waals surface area (Å²) in [6.07, 6.45) is 0. The van der Waals surface area contributed by atoms with Gasteiger partial charge in [-0.25, -0.2) is 15.0 Å². The van der Waals surface area contributed by atoms with Gasteiger partial charge >= 0.3 is 0 Å². The smallest absolute Gasteiger partial charge is 0.167 e. The van der Waals surface area contributed by atoms with Crippen molar-refractivity contribution in [2.45, 2.75) is 0 Å². The largest absolute Gasteiger partial charge is 0.456 e. The number of nitrogens with zero attached hydrogens (tertiary/aromatic N) is 4. The lowest BCUT2D eigenvalue weighted by Crippen LogP contribution is -2.02. The maximum atomic E-state index is 6.63. The molecular weight excluding hydrogens is 837 g/mol. The number of rotatable bonds is 5. The van der Waals surface area contributed by atoms with Crippen LogP contribution in [0.2, 0.25) is 0 Å². The fourth-order valence-electron chi connectivity index (χ4n) is 10.6. The zero-order valence-corrected chi connectivity index (χ0v) is 36.1. The van der Waals surface area contributed by atoms with Gasteiger partial charge in [-0.15, -0.1) is 0 Å². The molecule has 7 heteroatoms. The van der Waals surface area contributed by atoms with Gasteiger partial charge in [-0.05, 0) is 101 Å². The predicted molar refractivity (Wildman–Crippen MR) is 275 cm³/mol. The minimum atomic E-state index is 0.497. The molecule has 5 aromatic heterocycles. The lowest BCUT2D eigenvalue weighted by Gasteiger charge is -2.16. The van der Waals surface area contributed by atoms with Crippen molar-refractivity contribution >= 4 is 98.4 Å². The molecule has 0 amide bonds. The molecule has 15 aromatic rings. The van der Waals surface area contributed by atoms with E-state index in [4.69, 9.17) is 28.2 Å². The molecule has 68 heavy (non-hydrogen) atoms. The van der Waals surface area contributed by atoms with Crippen LogP contribution in [0.5, 0.6) is 0 Å². The van der Waals surface area contributed by atoms with Gasteiger partial charge in [-0.3, -0.25) is 0 Å². The highest BCUT2D eigenvalue weighted by Gasteiger charge is 2.23.